The van der Waals surface area contributed by atoms with Crippen LogP contribution in [0.15, 0.2) is 64.3 Å². The van der Waals surface area contributed by atoms with Crippen LogP contribution in [0, 0.1) is 0 Å². The monoisotopic (exact) mass is 410 g/mol. The first-order chi connectivity index (χ1) is 13.7. The first kappa shape index (κ1) is 18.6. The molecule has 0 atom stereocenters. The summed E-state index contributed by atoms with van der Waals surface area (Å²) in [6.07, 6.45) is 0. The first-order valence-corrected chi connectivity index (χ1v) is 10.4. The van der Waals surface area contributed by atoms with Gasteiger partial charge in [-0.2, -0.15) is 0 Å². The number of methoxy groups -OCH3 is 2. The van der Waals surface area contributed by atoms with Gasteiger partial charge in [0.1, 0.15) is 22.0 Å². The summed E-state index contributed by atoms with van der Waals surface area (Å²) in [4.78, 5) is 22.2. The standard InChI is InChI=1S/C21H18N2O3S2/c1-25-14-5-3-13(4-6-14)18-11-17-20(28-18)21(24)23-19(22-17)12-27-16-9-7-15(26-2)8-10-16/h3-11H,12H2,1-2H3,(H,22,23,24). The Morgan fingerprint density at radius 2 is 1.64 bits per heavy atom. The molecule has 4 aromatic rings. The van der Waals surface area contributed by atoms with Crippen LogP contribution in [0.25, 0.3) is 20.7 Å². The average Bonchev–Trinajstić information content (AvgIpc) is 3.17. The van der Waals surface area contributed by atoms with E-state index in [0.29, 0.717) is 16.3 Å². The van der Waals surface area contributed by atoms with Crippen molar-refractivity contribution in [3.8, 4) is 21.9 Å². The Hall–Kier alpha value is -2.77. The number of benzene rings is 2. The van der Waals surface area contributed by atoms with Gasteiger partial charge in [0.25, 0.3) is 5.56 Å². The van der Waals surface area contributed by atoms with Crippen molar-refractivity contribution in [1.29, 1.82) is 0 Å². The summed E-state index contributed by atoms with van der Waals surface area (Å²) < 4.78 is 11.0. The molecule has 0 fully saturated rings. The molecule has 2 aromatic heterocycles. The first-order valence-electron chi connectivity index (χ1n) is 8.60. The van der Waals surface area contributed by atoms with E-state index in [-0.39, 0.29) is 5.56 Å². The van der Waals surface area contributed by atoms with Gasteiger partial charge in [0.2, 0.25) is 0 Å². The Bertz CT molecular complexity index is 1150. The number of nitrogens with zero attached hydrogens (tertiary/aromatic N) is 1. The second-order valence-electron chi connectivity index (χ2n) is 6.03. The fourth-order valence-electron chi connectivity index (χ4n) is 2.78. The van der Waals surface area contributed by atoms with Gasteiger partial charge >= 0.3 is 0 Å². The van der Waals surface area contributed by atoms with Gasteiger partial charge in [-0.15, -0.1) is 23.1 Å². The highest BCUT2D eigenvalue weighted by atomic mass is 32.2. The van der Waals surface area contributed by atoms with Gasteiger partial charge in [-0.1, -0.05) is 0 Å². The zero-order valence-corrected chi connectivity index (χ0v) is 17.0. The molecule has 0 unspecified atom stereocenters. The van der Waals surface area contributed by atoms with Crippen LogP contribution in [0.3, 0.4) is 0 Å². The summed E-state index contributed by atoms with van der Waals surface area (Å²) in [5.74, 6) is 2.88. The van der Waals surface area contributed by atoms with Crippen LogP contribution in [0.2, 0.25) is 0 Å². The average molecular weight is 411 g/mol. The Kier molecular flexibility index (Phi) is 5.36. The summed E-state index contributed by atoms with van der Waals surface area (Å²) in [5, 5.41) is 0. The molecule has 1 N–H and O–H groups in total. The fourth-order valence-corrected chi connectivity index (χ4v) is 4.54. The van der Waals surface area contributed by atoms with Crippen LogP contribution in [-0.4, -0.2) is 24.2 Å². The van der Waals surface area contributed by atoms with Gasteiger partial charge in [0, 0.05) is 9.77 Å². The number of thiophene rings is 1. The third-order valence-corrected chi connectivity index (χ3v) is 6.44. The van der Waals surface area contributed by atoms with Crippen LogP contribution in [0.4, 0.5) is 0 Å². The lowest BCUT2D eigenvalue weighted by Gasteiger charge is -2.03. The maximum absolute atomic E-state index is 12.5. The van der Waals surface area contributed by atoms with Crippen molar-refractivity contribution in [2.24, 2.45) is 0 Å². The number of fused-ring (bicyclic) bond motifs is 1. The van der Waals surface area contributed by atoms with Crippen molar-refractivity contribution in [3.05, 3.63) is 70.8 Å². The zero-order chi connectivity index (χ0) is 19.5. The van der Waals surface area contributed by atoms with Crippen LogP contribution in [0.5, 0.6) is 11.5 Å². The minimum absolute atomic E-state index is 0.0971. The second-order valence-corrected chi connectivity index (χ2v) is 8.13. The predicted octanol–water partition coefficient (Wildman–Crippen LogP) is 4.96. The maximum Gasteiger partial charge on any atom is 0.268 e. The van der Waals surface area contributed by atoms with Crippen molar-refractivity contribution in [1.82, 2.24) is 9.97 Å². The van der Waals surface area contributed by atoms with Crippen LogP contribution in [-0.2, 0) is 5.75 Å². The van der Waals surface area contributed by atoms with E-state index in [0.717, 1.165) is 32.4 Å². The second kappa shape index (κ2) is 8.08. The maximum atomic E-state index is 12.5. The van der Waals surface area contributed by atoms with Crippen LogP contribution < -0.4 is 15.0 Å². The number of thioether (sulfide) groups is 1. The molecule has 0 saturated carbocycles. The van der Waals surface area contributed by atoms with E-state index < -0.39 is 0 Å². The van der Waals surface area contributed by atoms with Crippen molar-refractivity contribution < 1.29 is 9.47 Å². The lowest BCUT2D eigenvalue weighted by molar-refractivity contribution is 0.414. The summed E-state index contributed by atoms with van der Waals surface area (Å²) >= 11 is 3.07. The Morgan fingerprint density at radius 3 is 2.29 bits per heavy atom. The molecule has 0 aliphatic carbocycles. The Labute approximate surface area is 170 Å². The molecule has 2 aromatic carbocycles. The van der Waals surface area contributed by atoms with Gasteiger partial charge in [-0.05, 0) is 60.2 Å². The third-order valence-electron chi connectivity index (χ3n) is 4.24. The van der Waals surface area contributed by atoms with Gasteiger partial charge in [-0.25, -0.2) is 4.98 Å². The molecule has 4 rings (SSSR count). The highest BCUT2D eigenvalue weighted by Crippen LogP contribution is 2.32. The number of H-pyrrole nitrogens is 1. The minimum Gasteiger partial charge on any atom is -0.497 e. The van der Waals surface area contributed by atoms with E-state index in [1.807, 2.05) is 54.6 Å². The van der Waals surface area contributed by atoms with Crippen molar-refractivity contribution in [2.45, 2.75) is 10.6 Å². The lowest BCUT2D eigenvalue weighted by Crippen LogP contribution is -2.09. The Balaban J connectivity index is 1.57. The minimum atomic E-state index is -0.0971. The van der Waals surface area contributed by atoms with Gasteiger partial charge in [-0.3, -0.25) is 4.79 Å². The lowest BCUT2D eigenvalue weighted by atomic mass is 10.2. The quantitative estimate of drug-likeness (QED) is 0.455. The topological polar surface area (TPSA) is 64.2 Å². The van der Waals surface area contributed by atoms with E-state index in [4.69, 9.17) is 9.47 Å². The highest BCUT2D eigenvalue weighted by molar-refractivity contribution is 7.98. The molecule has 0 amide bonds. The number of hydrogen-bond donors (Lipinski definition) is 1. The molecule has 0 aliphatic heterocycles. The molecule has 2 heterocycles. The van der Waals surface area contributed by atoms with Crippen LogP contribution in [0.1, 0.15) is 5.82 Å². The van der Waals surface area contributed by atoms with Gasteiger partial charge < -0.3 is 14.5 Å². The molecule has 0 saturated heterocycles. The Morgan fingerprint density at radius 1 is 1.00 bits per heavy atom. The SMILES string of the molecule is COc1ccc(SCc2nc3cc(-c4ccc(OC)cc4)sc3c(=O)[nH]2)cc1. The van der Waals surface area contributed by atoms with Crippen molar-refractivity contribution in [3.63, 3.8) is 0 Å². The number of rotatable bonds is 6. The third kappa shape index (κ3) is 3.90. The smallest absolute Gasteiger partial charge is 0.268 e. The van der Waals surface area contributed by atoms with Crippen molar-refractivity contribution in [2.75, 3.05) is 14.2 Å². The van der Waals surface area contributed by atoms with E-state index in [1.54, 1.807) is 26.0 Å². The molecule has 0 spiro atoms. The molecular formula is C21H18N2O3S2. The molecule has 142 valence electrons. The summed E-state index contributed by atoms with van der Waals surface area (Å²) in [5.41, 5.74) is 1.67. The number of aromatic amines is 1. The largest absolute Gasteiger partial charge is 0.497 e. The molecule has 0 radical (unpaired) electrons. The zero-order valence-electron chi connectivity index (χ0n) is 15.4. The molecule has 0 aliphatic rings. The van der Waals surface area contributed by atoms with Crippen molar-refractivity contribution >= 4 is 33.3 Å². The normalized spacial score (nSPS) is 10.9. The van der Waals surface area contributed by atoms with E-state index in [9.17, 15) is 4.79 Å². The fraction of sp³-hybridized carbons (Fsp3) is 0.143. The molecule has 0 bridgehead atoms. The number of hydrogen-bond acceptors (Lipinski definition) is 6. The summed E-state index contributed by atoms with van der Waals surface area (Å²) in [6.45, 7) is 0. The van der Waals surface area contributed by atoms with E-state index >= 15 is 0 Å². The van der Waals surface area contributed by atoms with Crippen LogP contribution >= 0.6 is 23.1 Å². The molecule has 28 heavy (non-hydrogen) atoms. The summed E-state index contributed by atoms with van der Waals surface area (Å²) in [7, 11) is 3.29. The van der Waals surface area contributed by atoms with E-state index in [1.165, 1.54) is 11.3 Å². The van der Waals surface area contributed by atoms with E-state index in [2.05, 4.69) is 9.97 Å². The summed E-state index contributed by atoms with van der Waals surface area (Å²) in [6, 6.07) is 17.6. The number of nitrogens with one attached hydrogen (secondary N) is 1. The van der Waals surface area contributed by atoms with Gasteiger partial charge in [0.05, 0.1) is 25.5 Å². The predicted molar refractivity (Wildman–Crippen MR) is 115 cm³/mol. The molecule has 5 nitrogen and oxygen atoms in total. The molecule has 7 heteroatoms. The number of aromatic nitrogens is 2. The molecular weight excluding hydrogens is 392 g/mol. The van der Waals surface area contributed by atoms with Gasteiger partial charge in [0.15, 0.2) is 0 Å². The number of ether oxygens (including phenoxy) is 2. The highest BCUT2D eigenvalue weighted by Gasteiger charge is 2.11.